The summed E-state index contributed by atoms with van der Waals surface area (Å²) >= 11 is 3.91. The fraction of sp³-hybridized carbons (Fsp3) is 0.412. The summed E-state index contributed by atoms with van der Waals surface area (Å²) in [6.45, 7) is 4.19. The van der Waals surface area contributed by atoms with Crippen molar-refractivity contribution in [3.8, 4) is 5.75 Å². The van der Waals surface area contributed by atoms with Crippen LogP contribution in [0.4, 0.5) is 0 Å². The van der Waals surface area contributed by atoms with Crippen LogP contribution in [0.1, 0.15) is 38.0 Å². The number of fused-ring (bicyclic) bond motifs is 1. The second-order valence-corrected chi connectivity index (χ2v) is 7.83. The Bertz CT molecular complexity index is 640. The highest BCUT2D eigenvalue weighted by Gasteiger charge is 2.20. The highest BCUT2D eigenvalue weighted by atomic mass is 32.2. The van der Waals surface area contributed by atoms with E-state index >= 15 is 0 Å². The van der Waals surface area contributed by atoms with Crippen molar-refractivity contribution in [2.24, 2.45) is 5.73 Å². The molecule has 2 aromatic rings. The van der Waals surface area contributed by atoms with Gasteiger partial charge in [-0.3, -0.25) is 0 Å². The number of ether oxygens (including phenoxy) is 1. The molecule has 2 N–H and O–H groups in total. The maximum absolute atomic E-state index is 6.55. The molecule has 0 spiro atoms. The second kappa shape index (κ2) is 6.03. The molecule has 1 unspecified atom stereocenters. The van der Waals surface area contributed by atoms with Crippen LogP contribution in [0.15, 0.2) is 18.2 Å². The van der Waals surface area contributed by atoms with E-state index in [1.54, 1.807) is 7.11 Å². The molecule has 0 saturated carbocycles. The SMILES string of the molecule is COc1cc(C)c(C(N)c2cc3c(s2)CCSC3)cc1C. The van der Waals surface area contributed by atoms with Crippen LogP contribution >= 0.6 is 23.1 Å². The van der Waals surface area contributed by atoms with Gasteiger partial charge in [-0.2, -0.15) is 11.8 Å². The summed E-state index contributed by atoms with van der Waals surface area (Å²) < 4.78 is 5.39. The van der Waals surface area contributed by atoms with E-state index in [1.807, 2.05) is 23.1 Å². The first-order valence-corrected chi connectivity index (χ1v) is 9.17. The molecule has 0 radical (unpaired) electrons. The predicted octanol–water partition coefficient (Wildman–Crippen LogP) is 4.21. The van der Waals surface area contributed by atoms with Crippen molar-refractivity contribution >= 4 is 23.1 Å². The van der Waals surface area contributed by atoms with Crippen molar-refractivity contribution in [1.29, 1.82) is 0 Å². The molecule has 2 heterocycles. The van der Waals surface area contributed by atoms with Crippen molar-refractivity contribution in [3.05, 3.63) is 50.2 Å². The fourth-order valence-corrected chi connectivity index (χ4v) is 5.24. The monoisotopic (exact) mass is 319 g/mol. The number of rotatable bonds is 3. The topological polar surface area (TPSA) is 35.2 Å². The zero-order valence-electron chi connectivity index (χ0n) is 12.7. The zero-order valence-corrected chi connectivity index (χ0v) is 14.4. The molecule has 1 aliphatic rings. The minimum absolute atomic E-state index is 0.0322. The molecule has 1 aromatic heterocycles. The number of hydrogen-bond acceptors (Lipinski definition) is 4. The molecular weight excluding hydrogens is 298 g/mol. The van der Waals surface area contributed by atoms with Crippen LogP contribution in [-0.4, -0.2) is 12.9 Å². The largest absolute Gasteiger partial charge is 0.496 e. The Balaban J connectivity index is 1.96. The Morgan fingerprint density at radius 1 is 1.19 bits per heavy atom. The molecule has 4 heteroatoms. The average molecular weight is 319 g/mol. The lowest BCUT2D eigenvalue weighted by atomic mass is 9.97. The summed E-state index contributed by atoms with van der Waals surface area (Å²) in [5.74, 6) is 3.31. The van der Waals surface area contributed by atoms with Crippen LogP contribution in [0.25, 0.3) is 0 Å². The Labute approximate surface area is 134 Å². The summed E-state index contributed by atoms with van der Waals surface area (Å²) in [6, 6.07) is 6.55. The van der Waals surface area contributed by atoms with Crippen LogP contribution < -0.4 is 10.5 Å². The average Bonchev–Trinajstić information content (AvgIpc) is 2.92. The minimum atomic E-state index is -0.0322. The lowest BCUT2D eigenvalue weighted by molar-refractivity contribution is 0.411. The molecule has 1 atom stereocenters. The maximum Gasteiger partial charge on any atom is 0.122 e. The molecule has 1 aliphatic heterocycles. The van der Waals surface area contributed by atoms with Gasteiger partial charge in [0.05, 0.1) is 13.2 Å². The number of thioether (sulfide) groups is 1. The normalized spacial score (nSPS) is 15.6. The third-order valence-corrected chi connectivity index (χ3v) is 6.40. The van der Waals surface area contributed by atoms with Crippen LogP contribution in [0.3, 0.4) is 0 Å². The van der Waals surface area contributed by atoms with Gasteiger partial charge in [0.1, 0.15) is 5.75 Å². The molecule has 21 heavy (non-hydrogen) atoms. The Hall–Kier alpha value is -0.970. The van der Waals surface area contributed by atoms with Gasteiger partial charge in [-0.25, -0.2) is 0 Å². The van der Waals surface area contributed by atoms with Gasteiger partial charge in [0.15, 0.2) is 0 Å². The van der Waals surface area contributed by atoms with Gasteiger partial charge in [-0.05, 0) is 60.4 Å². The molecule has 0 aliphatic carbocycles. The van der Waals surface area contributed by atoms with E-state index in [2.05, 4.69) is 32.0 Å². The number of methoxy groups -OCH3 is 1. The van der Waals surface area contributed by atoms with Crippen molar-refractivity contribution < 1.29 is 4.74 Å². The summed E-state index contributed by atoms with van der Waals surface area (Å²) in [6.07, 6.45) is 1.19. The maximum atomic E-state index is 6.55. The molecule has 0 fully saturated rings. The van der Waals surface area contributed by atoms with Crippen molar-refractivity contribution in [3.63, 3.8) is 0 Å². The van der Waals surface area contributed by atoms with Crippen molar-refractivity contribution in [1.82, 2.24) is 0 Å². The first kappa shape index (κ1) is 14.9. The Morgan fingerprint density at radius 3 is 2.71 bits per heavy atom. The number of benzene rings is 1. The van der Waals surface area contributed by atoms with Crippen molar-refractivity contribution in [2.45, 2.75) is 32.1 Å². The van der Waals surface area contributed by atoms with Crippen LogP contribution in [0, 0.1) is 13.8 Å². The molecule has 0 saturated heterocycles. The van der Waals surface area contributed by atoms with Crippen LogP contribution in [0.2, 0.25) is 0 Å². The van der Waals surface area contributed by atoms with E-state index in [9.17, 15) is 0 Å². The summed E-state index contributed by atoms with van der Waals surface area (Å²) in [4.78, 5) is 2.82. The highest BCUT2D eigenvalue weighted by molar-refractivity contribution is 7.98. The van der Waals surface area contributed by atoms with Gasteiger partial charge in [0.2, 0.25) is 0 Å². The fourth-order valence-electron chi connectivity index (χ4n) is 2.84. The first-order chi connectivity index (χ1) is 10.1. The molecule has 3 rings (SSSR count). The molecule has 0 amide bonds. The Morgan fingerprint density at radius 2 is 2.00 bits per heavy atom. The van der Waals surface area contributed by atoms with Crippen LogP contribution in [0.5, 0.6) is 5.75 Å². The Kier molecular flexibility index (Phi) is 4.29. The molecule has 0 bridgehead atoms. The summed E-state index contributed by atoms with van der Waals surface area (Å²) in [5.41, 5.74) is 11.6. The number of aryl methyl sites for hydroxylation is 3. The summed E-state index contributed by atoms with van der Waals surface area (Å²) in [7, 11) is 1.71. The van der Waals surface area contributed by atoms with E-state index in [1.165, 1.54) is 38.6 Å². The smallest absolute Gasteiger partial charge is 0.122 e. The highest BCUT2D eigenvalue weighted by Crippen LogP contribution is 2.37. The third kappa shape index (κ3) is 2.85. The van der Waals surface area contributed by atoms with E-state index < -0.39 is 0 Å². The van der Waals surface area contributed by atoms with Gasteiger partial charge >= 0.3 is 0 Å². The minimum Gasteiger partial charge on any atom is -0.496 e. The lowest BCUT2D eigenvalue weighted by Gasteiger charge is -2.16. The second-order valence-electron chi connectivity index (χ2n) is 5.56. The summed E-state index contributed by atoms with van der Waals surface area (Å²) in [5, 5.41) is 0. The van der Waals surface area contributed by atoms with Gasteiger partial charge in [-0.15, -0.1) is 11.3 Å². The van der Waals surface area contributed by atoms with E-state index in [0.717, 1.165) is 17.1 Å². The molecule has 112 valence electrons. The predicted molar refractivity (Wildman–Crippen MR) is 92.7 cm³/mol. The lowest BCUT2D eigenvalue weighted by Crippen LogP contribution is -2.12. The van der Waals surface area contributed by atoms with E-state index in [4.69, 9.17) is 10.5 Å². The van der Waals surface area contributed by atoms with Gasteiger partial charge in [0.25, 0.3) is 0 Å². The number of hydrogen-bond donors (Lipinski definition) is 1. The van der Waals surface area contributed by atoms with Gasteiger partial charge in [-0.1, -0.05) is 6.07 Å². The van der Waals surface area contributed by atoms with E-state index in [-0.39, 0.29) is 6.04 Å². The molecule has 1 aromatic carbocycles. The number of nitrogens with two attached hydrogens (primary N) is 1. The van der Waals surface area contributed by atoms with Crippen molar-refractivity contribution in [2.75, 3.05) is 12.9 Å². The quantitative estimate of drug-likeness (QED) is 0.920. The first-order valence-electron chi connectivity index (χ1n) is 7.20. The molecular formula is C17H21NOS2. The zero-order chi connectivity index (χ0) is 15.0. The standard InChI is InChI=1S/C17H21NOS2/c1-10-7-14(19-3)11(2)6-13(10)17(18)16-8-12-9-20-5-4-15(12)21-16/h6-8,17H,4-5,9,18H2,1-3H3. The van der Waals surface area contributed by atoms with E-state index in [0.29, 0.717) is 0 Å². The van der Waals surface area contributed by atoms with Gasteiger partial charge < -0.3 is 10.5 Å². The number of thiophene rings is 1. The third-order valence-electron chi connectivity index (χ3n) is 4.07. The van der Waals surface area contributed by atoms with Gasteiger partial charge in [0, 0.05) is 15.5 Å². The molecule has 2 nitrogen and oxygen atoms in total. The van der Waals surface area contributed by atoms with Crippen LogP contribution in [-0.2, 0) is 12.2 Å².